The predicted molar refractivity (Wildman–Crippen MR) is 101 cm³/mol. The maximum atomic E-state index is 11.8. The number of carbonyl (C=O) groups excluding carboxylic acids is 2. The molecule has 2 aromatic rings. The van der Waals surface area contributed by atoms with Crippen molar-refractivity contribution in [1.82, 2.24) is 0 Å². The first-order chi connectivity index (χ1) is 12.6. The molecular formula is C22H22O4. The van der Waals surface area contributed by atoms with Crippen LogP contribution in [0.5, 0.6) is 11.5 Å². The Morgan fingerprint density at radius 1 is 0.692 bits per heavy atom. The van der Waals surface area contributed by atoms with Gasteiger partial charge < -0.3 is 9.47 Å². The van der Waals surface area contributed by atoms with Gasteiger partial charge in [-0.15, -0.1) is 13.2 Å². The van der Waals surface area contributed by atoms with E-state index in [4.69, 9.17) is 9.47 Å². The fraction of sp³-hybridized carbons (Fsp3) is 0.182. The van der Waals surface area contributed by atoms with E-state index in [9.17, 15) is 9.59 Å². The third-order valence-corrected chi connectivity index (χ3v) is 3.60. The summed E-state index contributed by atoms with van der Waals surface area (Å²) in [7, 11) is 0. The van der Waals surface area contributed by atoms with Crippen LogP contribution in [0.1, 0.15) is 24.0 Å². The molecular weight excluding hydrogens is 328 g/mol. The van der Waals surface area contributed by atoms with E-state index in [2.05, 4.69) is 13.2 Å². The minimum absolute atomic E-state index is 0.0399. The molecule has 0 atom stereocenters. The molecule has 134 valence electrons. The number of carbonyl (C=O) groups is 2. The minimum atomic E-state index is -0.472. The van der Waals surface area contributed by atoms with Gasteiger partial charge in [0.1, 0.15) is 11.5 Å². The predicted octanol–water partition coefficient (Wildman–Crippen LogP) is 4.43. The van der Waals surface area contributed by atoms with Crippen molar-refractivity contribution < 1.29 is 19.1 Å². The summed E-state index contributed by atoms with van der Waals surface area (Å²) in [5.74, 6) is -0.0394. The molecule has 0 amide bonds. The van der Waals surface area contributed by atoms with Crippen LogP contribution in [0.25, 0.3) is 0 Å². The summed E-state index contributed by atoms with van der Waals surface area (Å²) in [5, 5.41) is 0. The third-order valence-electron chi connectivity index (χ3n) is 3.60. The van der Waals surface area contributed by atoms with Gasteiger partial charge in [-0.25, -0.2) is 0 Å². The molecule has 0 N–H and O–H groups in total. The first kappa shape index (κ1) is 19.2. The average molecular weight is 350 g/mol. The lowest BCUT2D eigenvalue weighted by Crippen LogP contribution is -2.14. The van der Waals surface area contributed by atoms with Crippen molar-refractivity contribution in [2.45, 2.75) is 25.7 Å². The highest BCUT2D eigenvalue weighted by Crippen LogP contribution is 2.15. The summed E-state index contributed by atoms with van der Waals surface area (Å²) in [6.45, 7) is 7.35. The molecule has 0 fully saturated rings. The highest BCUT2D eigenvalue weighted by atomic mass is 16.5. The summed E-state index contributed by atoms with van der Waals surface area (Å²) in [6.07, 6.45) is 5.05. The van der Waals surface area contributed by atoms with Crippen molar-refractivity contribution >= 4 is 11.9 Å². The van der Waals surface area contributed by atoms with Crippen molar-refractivity contribution in [3.8, 4) is 11.5 Å². The van der Waals surface area contributed by atoms with E-state index >= 15 is 0 Å². The molecule has 0 saturated carbocycles. The Labute approximate surface area is 153 Å². The van der Waals surface area contributed by atoms with Crippen LogP contribution in [0.15, 0.2) is 73.8 Å². The van der Waals surface area contributed by atoms with E-state index in [-0.39, 0.29) is 12.8 Å². The zero-order valence-corrected chi connectivity index (χ0v) is 14.6. The van der Waals surface area contributed by atoms with Crippen LogP contribution in [0, 0.1) is 0 Å². The Balaban J connectivity index is 1.76. The molecule has 0 spiro atoms. The van der Waals surface area contributed by atoms with Gasteiger partial charge in [0.15, 0.2) is 0 Å². The summed E-state index contributed by atoms with van der Waals surface area (Å²) in [5.41, 5.74) is 2.17. The summed E-state index contributed by atoms with van der Waals surface area (Å²) in [4.78, 5) is 23.7. The van der Waals surface area contributed by atoms with Gasteiger partial charge in [-0.1, -0.05) is 36.4 Å². The van der Waals surface area contributed by atoms with Gasteiger partial charge in [0.25, 0.3) is 0 Å². The number of ether oxygens (including phenoxy) is 2. The van der Waals surface area contributed by atoms with Crippen LogP contribution in [0.3, 0.4) is 0 Å². The Morgan fingerprint density at radius 2 is 1.04 bits per heavy atom. The normalized spacial score (nSPS) is 10.0. The number of hydrogen-bond acceptors (Lipinski definition) is 4. The SMILES string of the molecule is C=CCc1ccc(OC(=O)CCC(=O)Oc2ccc(CC=C)cc2)cc1. The van der Waals surface area contributed by atoms with E-state index in [0.29, 0.717) is 11.5 Å². The fourth-order valence-electron chi connectivity index (χ4n) is 2.29. The zero-order valence-electron chi connectivity index (χ0n) is 14.6. The van der Waals surface area contributed by atoms with Crippen LogP contribution in [-0.2, 0) is 22.4 Å². The maximum Gasteiger partial charge on any atom is 0.311 e. The first-order valence-electron chi connectivity index (χ1n) is 8.41. The van der Waals surface area contributed by atoms with Crippen LogP contribution >= 0.6 is 0 Å². The third kappa shape index (κ3) is 6.40. The van der Waals surface area contributed by atoms with E-state index in [0.717, 1.165) is 24.0 Å². The van der Waals surface area contributed by atoms with Gasteiger partial charge in [0, 0.05) is 0 Å². The molecule has 2 aromatic carbocycles. The van der Waals surface area contributed by atoms with Crippen LogP contribution in [-0.4, -0.2) is 11.9 Å². The second-order valence-corrected chi connectivity index (χ2v) is 5.72. The van der Waals surface area contributed by atoms with Crippen molar-refractivity contribution in [2.24, 2.45) is 0 Å². The molecule has 26 heavy (non-hydrogen) atoms. The first-order valence-corrected chi connectivity index (χ1v) is 8.41. The molecule has 4 nitrogen and oxygen atoms in total. The van der Waals surface area contributed by atoms with Gasteiger partial charge in [0.05, 0.1) is 12.8 Å². The second kappa shape index (κ2) is 9.99. The van der Waals surface area contributed by atoms with Crippen molar-refractivity contribution in [3.05, 3.63) is 85.0 Å². The number of rotatable bonds is 9. The van der Waals surface area contributed by atoms with Crippen molar-refractivity contribution in [2.75, 3.05) is 0 Å². The number of benzene rings is 2. The number of esters is 2. The molecule has 4 heteroatoms. The lowest BCUT2D eigenvalue weighted by molar-refractivity contribution is -0.140. The van der Waals surface area contributed by atoms with Crippen molar-refractivity contribution in [3.63, 3.8) is 0 Å². The summed E-state index contributed by atoms with van der Waals surface area (Å²) in [6, 6.07) is 14.4. The number of allylic oxidation sites excluding steroid dienone is 2. The Morgan fingerprint density at radius 3 is 1.35 bits per heavy atom. The Hall–Kier alpha value is -3.14. The molecule has 0 bridgehead atoms. The molecule has 0 heterocycles. The second-order valence-electron chi connectivity index (χ2n) is 5.72. The lowest BCUT2D eigenvalue weighted by atomic mass is 10.1. The lowest BCUT2D eigenvalue weighted by Gasteiger charge is -2.06. The van der Waals surface area contributed by atoms with E-state index in [1.54, 1.807) is 36.4 Å². The molecule has 0 radical (unpaired) electrons. The molecule has 0 aliphatic carbocycles. The molecule has 0 aliphatic rings. The minimum Gasteiger partial charge on any atom is -0.427 e. The van der Waals surface area contributed by atoms with Gasteiger partial charge in [-0.3, -0.25) is 9.59 Å². The van der Waals surface area contributed by atoms with E-state index < -0.39 is 11.9 Å². The molecule has 0 unspecified atom stereocenters. The summed E-state index contributed by atoms with van der Waals surface area (Å²) < 4.78 is 10.4. The smallest absolute Gasteiger partial charge is 0.311 e. The molecule has 2 rings (SSSR count). The van der Waals surface area contributed by atoms with Crippen LogP contribution < -0.4 is 9.47 Å². The quantitative estimate of drug-likeness (QED) is 0.381. The maximum absolute atomic E-state index is 11.8. The highest BCUT2D eigenvalue weighted by Gasteiger charge is 2.11. The van der Waals surface area contributed by atoms with Gasteiger partial charge in [0.2, 0.25) is 0 Å². The Kier molecular flexibility index (Phi) is 7.37. The van der Waals surface area contributed by atoms with Gasteiger partial charge in [-0.2, -0.15) is 0 Å². The molecule has 0 aromatic heterocycles. The fourth-order valence-corrected chi connectivity index (χ4v) is 2.29. The standard InChI is InChI=1S/C22H22O4/c1-3-5-17-7-11-19(12-8-17)25-21(23)15-16-22(24)26-20-13-9-18(6-4-2)10-14-20/h3-4,7-14H,1-2,5-6,15-16H2. The monoisotopic (exact) mass is 350 g/mol. The molecule has 0 aliphatic heterocycles. The molecule has 0 saturated heterocycles. The van der Waals surface area contributed by atoms with E-state index in [1.807, 2.05) is 24.3 Å². The van der Waals surface area contributed by atoms with E-state index in [1.165, 1.54) is 0 Å². The summed E-state index contributed by atoms with van der Waals surface area (Å²) >= 11 is 0. The average Bonchev–Trinajstić information content (AvgIpc) is 2.64. The van der Waals surface area contributed by atoms with Gasteiger partial charge in [-0.05, 0) is 48.2 Å². The largest absolute Gasteiger partial charge is 0.427 e. The topological polar surface area (TPSA) is 52.6 Å². The van der Waals surface area contributed by atoms with Crippen molar-refractivity contribution in [1.29, 1.82) is 0 Å². The Bertz CT molecular complexity index is 690. The van der Waals surface area contributed by atoms with Crippen LogP contribution in [0.2, 0.25) is 0 Å². The highest BCUT2D eigenvalue weighted by molar-refractivity contribution is 5.80. The number of hydrogen-bond donors (Lipinski definition) is 0. The van der Waals surface area contributed by atoms with Crippen LogP contribution in [0.4, 0.5) is 0 Å². The van der Waals surface area contributed by atoms with Gasteiger partial charge >= 0.3 is 11.9 Å². The zero-order chi connectivity index (χ0) is 18.8.